The zero-order valence-corrected chi connectivity index (χ0v) is 12.0. The highest BCUT2D eigenvalue weighted by Gasteiger charge is 2.28. The average Bonchev–Trinajstić information content (AvgIpc) is 2.10. The summed E-state index contributed by atoms with van der Waals surface area (Å²) in [6, 6.07) is 0. The van der Waals surface area contributed by atoms with Gasteiger partial charge in [0, 0.05) is 6.92 Å². The van der Waals surface area contributed by atoms with Crippen molar-refractivity contribution in [2.45, 2.75) is 45.9 Å². The topological polar surface area (TPSA) is 52.6 Å². The summed E-state index contributed by atoms with van der Waals surface area (Å²) in [5.41, 5.74) is 0.132. The third kappa shape index (κ3) is 6.82. The third-order valence-electron chi connectivity index (χ3n) is 1.90. The highest BCUT2D eigenvalue weighted by molar-refractivity contribution is 9.10. The molecule has 0 radical (unpaired) electrons. The quantitative estimate of drug-likeness (QED) is 0.456. The lowest BCUT2D eigenvalue weighted by molar-refractivity contribution is -0.257. The summed E-state index contributed by atoms with van der Waals surface area (Å²) >= 11 is 3.25. The van der Waals surface area contributed by atoms with Gasteiger partial charge in [0.25, 0.3) is 0 Å². The van der Waals surface area contributed by atoms with E-state index in [-0.39, 0.29) is 11.3 Å². The molecule has 0 fully saturated rings. The molecular weight excluding hydrogens is 276 g/mol. The van der Waals surface area contributed by atoms with Gasteiger partial charge in [0.1, 0.15) is 4.83 Å². The zero-order valence-electron chi connectivity index (χ0n) is 10.4. The first-order chi connectivity index (χ1) is 7.13. The lowest BCUT2D eigenvalue weighted by Gasteiger charge is -2.25. The number of carbonyl (C=O) groups excluding carboxylic acids is 2. The second-order valence-corrected chi connectivity index (χ2v) is 6.11. The number of carbonyl (C=O) groups is 2. The van der Waals surface area contributed by atoms with Crippen molar-refractivity contribution in [2.75, 3.05) is 0 Å². The van der Waals surface area contributed by atoms with Crippen LogP contribution in [0.2, 0.25) is 0 Å². The second kappa shape index (κ2) is 6.23. The molecule has 94 valence electrons. The Morgan fingerprint density at radius 1 is 1.25 bits per heavy atom. The molecule has 0 saturated carbocycles. The van der Waals surface area contributed by atoms with Gasteiger partial charge in [0.15, 0.2) is 0 Å². The number of hydrogen-bond acceptors (Lipinski definition) is 4. The SMILES string of the molecule is CC(=O)OOC(=O)C(Br)C(C)CC(C)(C)C. The van der Waals surface area contributed by atoms with Crippen molar-refractivity contribution >= 4 is 27.9 Å². The molecular formula is C11H19BrO4. The van der Waals surface area contributed by atoms with Crippen LogP contribution in [0.25, 0.3) is 0 Å². The van der Waals surface area contributed by atoms with E-state index in [4.69, 9.17) is 0 Å². The van der Waals surface area contributed by atoms with Crippen molar-refractivity contribution in [1.29, 1.82) is 0 Å². The normalized spacial score (nSPS) is 15.1. The van der Waals surface area contributed by atoms with Crippen LogP contribution in [-0.4, -0.2) is 16.8 Å². The molecule has 2 unspecified atom stereocenters. The zero-order chi connectivity index (χ0) is 12.9. The molecule has 5 heteroatoms. The van der Waals surface area contributed by atoms with Crippen LogP contribution >= 0.6 is 15.9 Å². The van der Waals surface area contributed by atoms with Gasteiger partial charge in [-0.15, -0.1) is 0 Å². The highest BCUT2D eigenvalue weighted by Crippen LogP contribution is 2.29. The molecule has 2 atom stereocenters. The number of halogens is 1. The lowest BCUT2D eigenvalue weighted by Crippen LogP contribution is -2.28. The Labute approximate surface area is 105 Å². The van der Waals surface area contributed by atoms with E-state index < -0.39 is 16.8 Å². The monoisotopic (exact) mass is 294 g/mol. The Bertz CT molecular complexity index is 257. The summed E-state index contributed by atoms with van der Waals surface area (Å²) in [5, 5.41) is 0. The lowest BCUT2D eigenvalue weighted by atomic mass is 9.84. The van der Waals surface area contributed by atoms with Crippen LogP contribution in [0.1, 0.15) is 41.0 Å². The fourth-order valence-electron chi connectivity index (χ4n) is 1.45. The summed E-state index contributed by atoms with van der Waals surface area (Å²) in [5.74, 6) is -1.12. The Balaban J connectivity index is 4.16. The Morgan fingerprint density at radius 2 is 1.75 bits per heavy atom. The molecule has 0 aliphatic rings. The van der Waals surface area contributed by atoms with Gasteiger partial charge in [0.05, 0.1) is 0 Å². The van der Waals surface area contributed by atoms with Crippen molar-refractivity contribution < 1.29 is 19.4 Å². The van der Waals surface area contributed by atoms with E-state index in [0.717, 1.165) is 6.42 Å². The van der Waals surface area contributed by atoms with Crippen molar-refractivity contribution in [3.8, 4) is 0 Å². The molecule has 0 amide bonds. The molecule has 0 aromatic heterocycles. The molecule has 4 nitrogen and oxygen atoms in total. The van der Waals surface area contributed by atoms with Crippen molar-refractivity contribution in [1.82, 2.24) is 0 Å². The summed E-state index contributed by atoms with van der Waals surface area (Å²) in [6.07, 6.45) is 0.859. The minimum absolute atomic E-state index is 0.100. The fraction of sp³-hybridized carbons (Fsp3) is 0.818. The number of rotatable bonds is 3. The average molecular weight is 295 g/mol. The van der Waals surface area contributed by atoms with Gasteiger partial charge in [-0.25, -0.2) is 19.4 Å². The number of alkyl halides is 1. The molecule has 0 N–H and O–H groups in total. The van der Waals surface area contributed by atoms with Gasteiger partial charge in [-0.3, -0.25) is 0 Å². The van der Waals surface area contributed by atoms with Gasteiger partial charge < -0.3 is 0 Å². The van der Waals surface area contributed by atoms with Gasteiger partial charge >= 0.3 is 11.9 Å². The molecule has 0 aliphatic heterocycles. The minimum atomic E-state index is -0.642. The second-order valence-electron chi connectivity index (χ2n) is 5.12. The van der Waals surface area contributed by atoms with Gasteiger partial charge in [-0.2, -0.15) is 0 Å². The maximum absolute atomic E-state index is 11.4. The van der Waals surface area contributed by atoms with Crippen molar-refractivity contribution in [2.24, 2.45) is 11.3 Å². The van der Waals surface area contributed by atoms with Crippen LogP contribution in [0.5, 0.6) is 0 Å². The van der Waals surface area contributed by atoms with E-state index in [0.29, 0.717) is 0 Å². The first-order valence-electron chi connectivity index (χ1n) is 5.16. The van der Waals surface area contributed by atoms with E-state index in [1.807, 2.05) is 6.92 Å². The molecule has 0 aromatic rings. The summed E-state index contributed by atoms with van der Waals surface area (Å²) < 4.78 is 0. The van der Waals surface area contributed by atoms with E-state index in [2.05, 4.69) is 46.5 Å². The maximum Gasteiger partial charge on any atom is 0.369 e. The van der Waals surface area contributed by atoms with Gasteiger partial charge in [0.2, 0.25) is 0 Å². The summed E-state index contributed by atoms with van der Waals surface area (Å²) in [6.45, 7) is 9.41. The minimum Gasteiger partial charge on any atom is -0.248 e. The largest absolute Gasteiger partial charge is 0.369 e. The van der Waals surface area contributed by atoms with E-state index in [1.54, 1.807) is 0 Å². The molecule has 0 saturated heterocycles. The molecule has 0 spiro atoms. The van der Waals surface area contributed by atoms with Crippen LogP contribution in [0, 0.1) is 11.3 Å². The van der Waals surface area contributed by atoms with Gasteiger partial charge in [-0.05, 0) is 17.8 Å². The van der Waals surface area contributed by atoms with E-state index >= 15 is 0 Å². The van der Waals surface area contributed by atoms with Crippen LogP contribution < -0.4 is 0 Å². The standard InChI is InChI=1S/C11H19BrO4/c1-7(6-11(3,4)5)9(12)10(14)16-15-8(2)13/h7,9H,6H2,1-5H3. The molecule has 16 heavy (non-hydrogen) atoms. The highest BCUT2D eigenvalue weighted by atomic mass is 79.9. The third-order valence-corrected chi connectivity index (χ3v) is 3.18. The predicted molar refractivity (Wildman–Crippen MR) is 63.8 cm³/mol. The first kappa shape index (κ1) is 15.4. The Kier molecular flexibility index (Phi) is 6.00. The van der Waals surface area contributed by atoms with E-state index in [9.17, 15) is 9.59 Å². The molecule has 0 aliphatic carbocycles. The molecule has 0 rings (SSSR count). The summed E-state index contributed by atoms with van der Waals surface area (Å²) in [4.78, 5) is 30.0. The molecule has 0 bridgehead atoms. The Morgan fingerprint density at radius 3 is 2.12 bits per heavy atom. The molecule has 0 aromatic carbocycles. The van der Waals surface area contributed by atoms with Crippen LogP contribution in [0.4, 0.5) is 0 Å². The smallest absolute Gasteiger partial charge is 0.248 e. The first-order valence-corrected chi connectivity index (χ1v) is 6.08. The van der Waals surface area contributed by atoms with Crippen molar-refractivity contribution in [3.05, 3.63) is 0 Å². The number of hydrogen-bond donors (Lipinski definition) is 0. The molecule has 0 heterocycles. The van der Waals surface area contributed by atoms with Crippen LogP contribution in [-0.2, 0) is 19.4 Å². The Hall–Kier alpha value is -0.580. The van der Waals surface area contributed by atoms with Crippen LogP contribution in [0.3, 0.4) is 0 Å². The van der Waals surface area contributed by atoms with E-state index in [1.165, 1.54) is 6.92 Å². The summed E-state index contributed by atoms with van der Waals surface area (Å²) in [7, 11) is 0. The maximum atomic E-state index is 11.4. The van der Waals surface area contributed by atoms with Crippen molar-refractivity contribution in [3.63, 3.8) is 0 Å². The van der Waals surface area contributed by atoms with Crippen LogP contribution in [0.15, 0.2) is 0 Å². The van der Waals surface area contributed by atoms with Gasteiger partial charge in [-0.1, -0.05) is 43.6 Å². The fourth-order valence-corrected chi connectivity index (χ4v) is 1.71. The predicted octanol–water partition coefficient (Wildman–Crippen LogP) is 2.84.